The smallest absolute Gasteiger partial charge is 0.317 e. The first-order chi connectivity index (χ1) is 14.8. The quantitative estimate of drug-likeness (QED) is 0.354. The molecule has 5 aliphatic rings. The van der Waals surface area contributed by atoms with Gasteiger partial charge in [0.25, 0.3) is 0 Å². The summed E-state index contributed by atoms with van der Waals surface area (Å²) in [5, 5.41) is 7.55. The molecule has 3 saturated carbocycles. The van der Waals surface area contributed by atoms with Gasteiger partial charge >= 0.3 is 5.97 Å². The number of carbonyl (C=O) groups excluding carboxylic acids is 2. The maximum Gasteiger partial charge on any atom is 0.351 e. The molecule has 1 aliphatic heterocycles. The highest BCUT2D eigenvalue weighted by Gasteiger charge is 2.59. The van der Waals surface area contributed by atoms with E-state index in [0.717, 1.165) is 56.7 Å². The number of allylic oxidation sites excluding steroid dienone is 1. The zero-order valence-corrected chi connectivity index (χ0v) is 20.6. The zero-order chi connectivity index (χ0) is 21.8. The number of fused-ring (bicyclic) bond motifs is 5. The van der Waals surface area contributed by atoms with Gasteiger partial charge in [0.2, 0.25) is 0 Å². The van der Waals surface area contributed by atoms with E-state index >= 15 is 0 Å². The van der Waals surface area contributed by atoms with E-state index in [4.69, 9.17) is 4.84 Å². The molecule has 0 aromatic heterocycles. The Hall–Kier alpha value is -1.20. The van der Waals surface area contributed by atoms with Gasteiger partial charge in [0.15, 0.2) is 5.78 Å². The highest BCUT2D eigenvalue weighted by Crippen LogP contribution is 2.66. The third-order valence-electron chi connectivity index (χ3n) is 10.1. The van der Waals surface area contributed by atoms with Crippen LogP contribution in [0.3, 0.4) is 0 Å². The SMILES string of the molecule is CC(=NOC(=O)C1CCCN1)[C@H]1CC[C@H]2[C@@H]3CCC4=CC(=O)CC[C@]4(C)[C@H]3CC[C@]12C.Cl. The summed E-state index contributed by atoms with van der Waals surface area (Å²) in [5.74, 6) is 2.68. The third-order valence-corrected chi connectivity index (χ3v) is 10.1. The topological polar surface area (TPSA) is 67.8 Å². The number of rotatable bonds is 3. The van der Waals surface area contributed by atoms with Crippen molar-refractivity contribution in [3.63, 3.8) is 0 Å². The van der Waals surface area contributed by atoms with Crippen LogP contribution in [0, 0.1) is 34.5 Å². The van der Waals surface area contributed by atoms with E-state index < -0.39 is 0 Å². The van der Waals surface area contributed by atoms with Crippen molar-refractivity contribution in [2.75, 3.05) is 6.54 Å². The molecule has 178 valence electrons. The maximum absolute atomic E-state index is 12.3. The number of oxime groups is 1. The van der Waals surface area contributed by atoms with Crippen LogP contribution in [0.15, 0.2) is 16.8 Å². The van der Waals surface area contributed by atoms with Gasteiger partial charge in [0, 0.05) is 12.3 Å². The molecule has 32 heavy (non-hydrogen) atoms. The summed E-state index contributed by atoms with van der Waals surface area (Å²) in [6.45, 7) is 7.87. The van der Waals surface area contributed by atoms with Crippen molar-refractivity contribution in [2.24, 2.45) is 39.7 Å². The number of hydrogen-bond acceptors (Lipinski definition) is 5. The summed E-state index contributed by atoms with van der Waals surface area (Å²) in [6.07, 6.45) is 12.8. The first kappa shape index (κ1) is 23.9. The monoisotopic (exact) mass is 462 g/mol. The van der Waals surface area contributed by atoms with Crippen LogP contribution in [0.2, 0.25) is 0 Å². The minimum Gasteiger partial charge on any atom is -0.317 e. The van der Waals surface area contributed by atoms with Crippen LogP contribution in [0.4, 0.5) is 0 Å². The molecule has 4 fully saturated rings. The van der Waals surface area contributed by atoms with Crippen LogP contribution in [-0.2, 0) is 14.4 Å². The van der Waals surface area contributed by atoms with E-state index in [1.54, 1.807) is 0 Å². The Morgan fingerprint density at radius 2 is 1.91 bits per heavy atom. The Bertz CT molecular complexity index is 833. The fourth-order valence-electron chi connectivity index (χ4n) is 8.38. The van der Waals surface area contributed by atoms with E-state index in [9.17, 15) is 9.59 Å². The van der Waals surface area contributed by atoms with Crippen molar-refractivity contribution in [1.82, 2.24) is 5.32 Å². The Kier molecular flexibility index (Phi) is 6.63. The van der Waals surface area contributed by atoms with E-state index in [1.807, 2.05) is 6.08 Å². The van der Waals surface area contributed by atoms with Gasteiger partial charge in [-0.15, -0.1) is 12.4 Å². The average molecular weight is 463 g/mol. The van der Waals surface area contributed by atoms with Gasteiger partial charge in [-0.05, 0) is 106 Å². The van der Waals surface area contributed by atoms with Crippen LogP contribution in [0.5, 0.6) is 0 Å². The lowest BCUT2D eigenvalue weighted by molar-refractivity contribution is -0.145. The van der Waals surface area contributed by atoms with Gasteiger partial charge in [-0.3, -0.25) is 4.79 Å². The molecule has 4 aliphatic carbocycles. The molecule has 1 heterocycles. The summed E-state index contributed by atoms with van der Waals surface area (Å²) in [7, 11) is 0. The largest absolute Gasteiger partial charge is 0.351 e. The second-order valence-corrected chi connectivity index (χ2v) is 11.4. The lowest BCUT2D eigenvalue weighted by Crippen LogP contribution is -2.51. The minimum absolute atomic E-state index is 0. The fraction of sp³-hybridized carbons (Fsp3) is 0.808. The lowest BCUT2D eigenvalue weighted by atomic mass is 9.46. The maximum atomic E-state index is 12.3. The highest BCUT2D eigenvalue weighted by atomic mass is 35.5. The summed E-state index contributed by atoms with van der Waals surface area (Å²) < 4.78 is 0. The van der Waals surface area contributed by atoms with Gasteiger partial charge in [0.1, 0.15) is 6.04 Å². The molecule has 0 radical (unpaired) electrons. The Balaban J connectivity index is 0.00000245. The van der Waals surface area contributed by atoms with Gasteiger partial charge in [-0.25, -0.2) is 4.79 Å². The molecule has 0 amide bonds. The van der Waals surface area contributed by atoms with Gasteiger partial charge in [0.05, 0.1) is 5.71 Å². The summed E-state index contributed by atoms with van der Waals surface area (Å²) in [4.78, 5) is 29.7. The van der Waals surface area contributed by atoms with Crippen molar-refractivity contribution >= 4 is 29.9 Å². The van der Waals surface area contributed by atoms with E-state index in [2.05, 4.69) is 31.2 Å². The van der Waals surface area contributed by atoms with Crippen LogP contribution >= 0.6 is 12.4 Å². The van der Waals surface area contributed by atoms with Crippen LogP contribution in [0.25, 0.3) is 0 Å². The molecular formula is C26H39ClN2O3. The van der Waals surface area contributed by atoms with E-state index in [-0.39, 0.29) is 35.2 Å². The van der Waals surface area contributed by atoms with Crippen molar-refractivity contribution in [3.8, 4) is 0 Å². The zero-order valence-electron chi connectivity index (χ0n) is 19.8. The Morgan fingerprint density at radius 3 is 2.66 bits per heavy atom. The molecule has 1 N–H and O–H groups in total. The number of nitrogens with one attached hydrogen (secondary N) is 1. The van der Waals surface area contributed by atoms with E-state index in [0.29, 0.717) is 23.5 Å². The van der Waals surface area contributed by atoms with Crippen LogP contribution in [-0.4, -0.2) is 30.1 Å². The molecule has 0 bridgehead atoms. The van der Waals surface area contributed by atoms with E-state index in [1.165, 1.54) is 31.3 Å². The van der Waals surface area contributed by atoms with Crippen molar-refractivity contribution < 1.29 is 14.4 Å². The van der Waals surface area contributed by atoms with Crippen LogP contribution in [0.1, 0.15) is 85.0 Å². The number of ketones is 1. The normalized spacial score (nSPS) is 43.5. The predicted octanol–water partition coefficient (Wildman–Crippen LogP) is 5.23. The van der Waals surface area contributed by atoms with Gasteiger partial charge in [-0.2, -0.15) is 0 Å². The molecule has 0 spiro atoms. The van der Waals surface area contributed by atoms with Crippen molar-refractivity contribution in [2.45, 2.75) is 91.0 Å². The second-order valence-electron chi connectivity index (χ2n) is 11.4. The number of halogens is 1. The molecule has 7 atom stereocenters. The van der Waals surface area contributed by atoms with Crippen LogP contribution < -0.4 is 5.32 Å². The Morgan fingerprint density at radius 1 is 1.09 bits per heavy atom. The average Bonchev–Trinajstić information content (AvgIpc) is 3.40. The predicted molar refractivity (Wildman–Crippen MR) is 128 cm³/mol. The molecule has 5 rings (SSSR count). The summed E-state index contributed by atoms with van der Waals surface area (Å²) in [6, 6.07) is -0.188. The molecular weight excluding hydrogens is 424 g/mol. The molecule has 5 nitrogen and oxygen atoms in total. The molecule has 1 unspecified atom stereocenters. The third kappa shape index (κ3) is 3.77. The number of carbonyl (C=O) groups is 2. The number of nitrogens with zero attached hydrogens (tertiary/aromatic N) is 1. The summed E-state index contributed by atoms with van der Waals surface area (Å²) in [5.41, 5.74) is 2.91. The lowest BCUT2D eigenvalue weighted by Gasteiger charge is -2.58. The molecule has 6 heteroatoms. The fourth-order valence-corrected chi connectivity index (χ4v) is 8.38. The minimum atomic E-state index is -0.230. The molecule has 0 aromatic rings. The first-order valence-electron chi connectivity index (χ1n) is 12.6. The van der Waals surface area contributed by atoms with Crippen molar-refractivity contribution in [1.29, 1.82) is 0 Å². The van der Waals surface area contributed by atoms with Gasteiger partial charge < -0.3 is 10.2 Å². The number of hydrogen-bond donors (Lipinski definition) is 1. The molecule has 1 saturated heterocycles. The first-order valence-corrected chi connectivity index (χ1v) is 12.6. The van der Waals surface area contributed by atoms with Crippen molar-refractivity contribution in [3.05, 3.63) is 11.6 Å². The molecule has 0 aromatic carbocycles. The Labute approximate surface area is 198 Å². The standard InChI is InChI=1S/C26H38N2O3.ClH/c1-16(28-31-24(30)23-5-4-14-27-23)20-8-9-21-19-7-6-17-15-18(29)10-12-25(17,2)22(19)11-13-26(20,21)3;/h15,19-23,27H,4-14H2,1-3H3;1H/t19-,20+,21-,22-,23?,25-,26+;/m0./s1. The van der Waals surface area contributed by atoms with Gasteiger partial charge in [-0.1, -0.05) is 24.6 Å². The highest BCUT2D eigenvalue weighted by molar-refractivity contribution is 5.91. The second kappa shape index (κ2) is 8.87. The summed E-state index contributed by atoms with van der Waals surface area (Å²) >= 11 is 0.